The minimum atomic E-state index is -1.11. The van der Waals surface area contributed by atoms with Gasteiger partial charge in [-0.3, -0.25) is 0 Å². The van der Waals surface area contributed by atoms with Crippen LogP contribution in [0, 0.1) is 11.3 Å². The highest BCUT2D eigenvalue weighted by atomic mass is 16.5. The van der Waals surface area contributed by atoms with Gasteiger partial charge in [-0.1, -0.05) is 33.8 Å². The van der Waals surface area contributed by atoms with Crippen LogP contribution in [-0.4, -0.2) is 40.2 Å². The number of nitrogens with two attached hydrogens (primary N) is 1. The minimum absolute atomic E-state index is 0.0125. The lowest BCUT2D eigenvalue weighted by Crippen LogP contribution is -2.23. The molecule has 128 valence electrons. The number of aromatic nitrogens is 2. The number of hydrogen-bond acceptors (Lipinski definition) is 5. The largest absolute Gasteiger partial charge is 0.477 e. The average Bonchev–Trinajstić information content (AvgIpc) is 2.84. The highest BCUT2D eigenvalue weighted by molar-refractivity contribution is 5.90. The van der Waals surface area contributed by atoms with E-state index in [1.165, 1.54) is 10.9 Å². The molecule has 0 saturated carbocycles. The van der Waals surface area contributed by atoms with E-state index in [-0.39, 0.29) is 24.0 Å². The third-order valence-corrected chi connectivity index (χ3v) is 2.79. The number of amides is 1. The van der Waals surface area contributed by atoms with Crippen LogP contribution in [-0.2, 0) is 4.74 Å². The molecular weight excluding hydrogens is 302 g/mol. The van der Waals surface area contributed by atoms with Crippen molar-refractivity contribution in [1.82, 2.24) is 9.78 Å². The predicted molar refractivity (Wildman–Crippen MR) is 84.2 cm³/mol. The molecule has 0 aliphatic rings. The molecule has 0 bridgehead atoms. The standard InChI is InChI=1S/C15H23N3O5/c1-10(2)8-22-12-11(13(19)20)7-17-18(12)6-5-15(3,4)9-23-14(16)21/h5-7,10H,8-9H2,1-4H3,(H2,16,21)(H,19,20). The van der Waals surface area contributed by atoms with Crippen LogP contribution in [0.15, 0.2) is 12.3 Å². The number of carbonyl (C=O) groups is 2. The van der Waals surface area contributed by atoms with Gasteiger partial charge in [-0.2, -0.15) is 5.10 Å². The molecule has 0 atom stereocenters. The molecule has 0 aromatic carbocycles. The first-order valence-electron chi connectivity index (χ1n) is 7.17. The summed E-state index contributed by atoms with van der Waals surface area (Å²) in [6, 6.07) is 0. The average molecular weight is 325 g/mol. The maximum Gasteiger partial charge on any atom is 0.404 e. The molecule has 1 aromatic rings. The van der Waals surface area contributed by atoms with Crippen molar-refractivity contribution in [3.63, 3.8) is 0 Å². The first-order chi connectivity index (χ1) is 10.6. The topological polar surface area (TPSA) is 117 Å². The number of carboxylic acids is 1. The van der Waals surface area contributed by atoms with Gasteiger partial charge < -0.3 is 20.3 Å². The number of primary amides is 1. The number of nitrogens with zero attached hydrogens (tertiary/aromatic N) is 2. The molecule has 0 aliphatic carbocycles. The third-order valence-electron chi connectivity index (χ3n) is 2.79. The van der Waals surface area contributed by atoms with Gasteiger partial charge in [0.25, 0.3) is 0 Å². The Morgan fingerprint density at radius 3 is 2.65 bits per heavy atom. The van der Waals surface area contributed by atoms with Crippen LogP contribution in [0.3, 0.4) is 0 Å². The Balaban J connectivity index is 2.96. The van der Waals surface area contributed by atoms with Gasteiger partial charge in [-0.25, -0.2) is 14.3 Å². The summed E-state index contributed by atoms with van der Waals surface area (Å²) in [5.41, 5.74) is 4.43. The van der Waals surface area contributed by atoms with Gasteiger partial charge in [0.15, 0.2) is 0 Å². The van der Waals surface area contributed by atoms with E-state index < -0.39 is 17.5 Å². The van der Waals surface area contributed by atoms with Gasteiger partial charge in [0.2, 0.25) is 5.88 Å². The fourth-order valence-corrected chi connectivity index (χ4v) is 1.57. The fraction of sp³-hybridized carbons (Fsp3) is 0.533. The van der Waals surface area contributed by atoms with Crippen LogP contribution in [0.5, 0.6) is 5.88 Å². The predicted octanol–water partition coefficient (Wildman–Crippen LogP) is 2.21. The highest BCUT2D eigenvalue weighted by Gasteiger charge is 2.20. The van der Waals surface area contributed by atoms with Crippen LogP contribution in [0.4, 0.5) is 4.79 Å². The van der Waals surface area contributed by atoms with Gasteiger partial charge in [-0.15, -0.1) is 0 Å². The van der Waals surface area contributed by atoms with Crippen LogP contribution >= 0.6 is 0 Å². The molecule has 8 nitrogen and oxygen atoms in total. The Kier molecular flexibility index (Phi) is 6.18. The summed E-state index contributed by atoms with van der Waals surface area (Å²) in [6.07, 6.45) is 3.69. The van der Waals surface area contributed by atoms with E-state index >= 15 is 0 Å². The van der Waals surface area contributed by atoms with Gasteiger partial charge in [-0.05, 0) is 5.92 Å². The molecule has 1 rings (SSSR count). The van der Waals surface area contributed by atoms with Gasteiger partial charge in [0, 0.05) is 11.6 Å². The van der Waals surface area contributed by atoms with Gasteiger partial charge in [0.05, 0.1) is 12.8 Å². The zero-order chi connectivity index (χ0) is 17.6. The summed E-state index contributed by atoms with van der Waals surface area (Å²) in [7, 11) is 0. The van der Waals surface area contributed by atoms with Crippen molar-refractivity contribution in [3.8, 4) is 5.88 Å². The molecule has 8 heteroatoms. The Morgan fingerprint density at radius 1 is 1.48 bits per heavy atom. The SMILES string of the molecule is CC(C)COc1c(C(=O)O)cnn1C=CC(C)(C)COC(N)=O. The molecule has 23 heavy (non-hydrogen) atoms. The molecule has 0 spiro atoms. The van der Waals surface area contributed by atoms with E-state index in [0.29, 0.717) is 6.61 Å². The normalized spacial score (nSPS) is 11.9. The minimum Gasteiger partial charge on any atom is -0.477 e. The van der Waals surface area contributed by atoms with Crippen molar-refractivity contribution in [2.75, 3.05) is 13.2 Å². The van der Waals surface area contributed by atoms with Gasteiger partial charge >= 0.3 is 12.1 Å². The number of carboxylic acid groups (broad SMARTS) is 1. The number of carbonyl (C=O) groups excluding carboxylic acids is 1. The monoisotopic (exact) mass is 325 g/mol. The second-order valence-electron chi connectivity index (χ2n) is 6.23. The summed E-state index contributed by atoms with van der Waals surface area (Å²) in [5, 5.41) is 13.2. The van der Waals surface area contributed by atoms with Crippen molar-refractivity contribution in [2.24, 2.45) is 17.1 Å². The van der Waals surface area contributed by atoms with Crippen LogP contribution in [0.2, 0.25) is 0 Å². The van der Waals surface area contributed by atoms with Crippen molar-refractivity contribution in [3.05, 3.63) is 17.8 Å². The summed E-state index contributed by atoms with van der Waals surface area (Å²) >= 11 is 0. The summed E-state index contributed by atoms with van der Waals surface area (Å²) < 4.78 is 11.7. The smallest absolute Gasteiger partial charge is 0.404 e. The lowest BCUT2D eigenvalue weighted by molar-refractivity contribution is 0.0691. The quantitative estimate of drug-likeness (QED) is 0.757. The second-order valence-corrected chi connectivity index (χ2v) is 6.23. The van der Waals surface area contributed by atoms with Crippen LogP contribution in [0.1, 0.15) is 38.1 Å². The van der Waals surface area contributed by atoms with Crippen molar-refractivity contribution in [2.45, 2.75) is 27.7 Å². The Morgan fingerprint density at radius 2 is 2.13 bits per heavy atom. The molecule has 0 saturated heterocycles. The van der Waals surface area contributed by atoms with E-state index in [1.54, 1.807) is 12.3 Å². The highest BCUT2D eigenvalue weighted by Crippen LogP contribution is 2.22. The molecule has 1 heterocycles. The molecule has 1 aromatic heterocycles. The zero-order valence-electron chi connectivity index (χ0n) is 13.8. The number of ether oxygens (including phenoxy) is 2. The maximum atomic E-state index is 11.2. The first-order valence-corrected chi connectivity index (χ1v) is 7.17. The lowest BCUT2D eigenvalue weighted by Gasteiger charge is -2.19. The van der Waals surface area contributed by atoms with E-state index in [9.17, 15) is 14.7 Å². The molecule has 0 aliphatic heterocycles. The summed E-state index contributed by atoms with van der Waals surface area (Å²) in [4.78, 5) is 21.9. The zero-order valence-corrected chi connectivity index (χ0v) is 13.8. The Hall–Kier alpha value is -2.51. The Labute approximate surface area is 134 Å². The molecule has 0 radical (unpaired) electrons. The van der Waals surface area contributed by atoms with Crippen LogP contribution in [0.25, 0.3) is 6.20 Å². The molecule has 0 unspecified atom stereocenters. The number of rotatable bonds is 8. The van der Waals surface area contributed by atoms with E-state index in [0.717, 1.165) is 0 Å². The van der Waals surface area contributed by atoms with Crippen molar-refractivity contribution >= 4 is 18.3 Å². The summed E-state index contributed by atoms with van der Waals surface area (Å²) in [5.74, 6) is -0.710. The van der Waals surface area contributed by atoms with Gasteiger partial charge in [0.1, 0.15) is 12.2 Å². The molecular formula is C15H23N3O5. The van der Waals surface area contributed by atoms with Crippen molar-refractivity contribution in [1.29, 1.82) is 0 Å². The Bertz CT molecular complexity index is 590. The third kappa shape index (κ3) is 6.01. The van der Waals surface area contributed by atoms with Crippen LogP contribution < -0.4 is 10.5 Å². The molecule has 0 fully saturated rings. The van der Waals surface area contributed by atoms with E-state index in [1.807, 2.05) is 27.7 Å². The summed E-state index contributed by atoms with van der Waals surface area (Å²) in [6.45, 7) is 8.05. The number of hydrogen-bond donors (Lipinski definition) is 2. The molecule has 3 N–H and O–H groups in total. The first kappa shape index (κ1) is 18.5. The molecule has 1 amide bonds. The second kappa shape index (κ2) is 7.66. The fourth-order valence-electron chi connectivity index (χ4n) is 1.57. The maximum absolute atomic E-state index is 11.2. The lowest BCUT2D eigenvalue weighted by atomic mass is 9.95. The number of aromatic carboxylic acids is 1. The van der Waals surface area contributed by atoms with Crippen molar-refractivity contribution < 1.29 is 24.2 Å². The van der Waals surface area contributed by atoms with E-state index in [2.05, 4.69) is 5.10 Å². The van der Waals surface area contributed by atoms with E-state index in [4.69, 9.17) is 15.2 Å².